The lowest BCUT2D eigenvalue weighted by molar-refractivity contribution is -0.143. The molecule has 1 rings (SSSR count). The molecular formula is C9H19BClNO4. The second-order valence-electron chi connectivity index (χ2n) is 4.97. The van der Waals surface area contributed by atoms with Crippen LogP contribution in [0.1, 0.15) is 32.6 Å². The van der Waals surface area contributed by atoms with Gasteiger partial charge in [-0.3, -0.25) is 4.79 Å². The number of hydrogen-bond donors (Lipinski definition) is 4. The molecule has 7 heteroatoms. The van der Waals surface area contributed by atoms with Gasteiger partial charge in [-0.25, -0.2) is 0 Å². The van der Waals surface area contributed by atoms with Gasteiger partial charge in [-0.1, -0.05) is 6.92 Å². The normalized spacial score (nSPS) is 33.2. The van der Waals surface area contributed by atoms with Gasteiger partial charge in [0.1, 0.15) is 5.54 Å². The Morgan fingerprint density at radius 3 is 2.38 bits per heavy atom. The molecule has 0 heterocycles. The maximum absolute atomic E-state index is 10.9. The molecule has 0 aromatic heterocycles. The van der Waals surface area contributed by atoms with E-state index in [2.05, 4.69) is 0 Å². The van der Waals surface area contributed by atoms with Gasteiger partial charge in [0, 0.05) is 0 Å². The van der Waals surface area contributed by atoms with E-state index >= 15 is 0 Å². The molecule has 0 spiro atoms. The molecule has 1 aliphatic carbocycles. The van der Waals surface area contributed by atoms with E-state index in [1.54, 1.807) is 0 Å². The molecule has 0 aliphatic heterocycles. The minimum Gasteiger partial charge on any atom is -0.480 e. The first-order valence-corrected chi connectivity index (χ1v) is 5.16. The Kier molecular flexibility index (Phi) is 5.26. The van der Waals surface area contributed by atoms with E-state index in [0.717, 1.165) is 6.42 Å². The topological polar surface area (TPSA) is 104 Å². The highest BCUT2D eigenvalue weighted by molar-refractivity contribution is 6.40. The van der Waals surface area contributed by atoms with Crippen molar-refractivity contribution in [2.45, 2.75) is 44.5 Å². The van der Waals surface area contributed by atoms with Gasteiger partial charge in [0.15, 0.2) is 0 Å². The average molecular weight is 252 g/mol. The zero-order valence-corrected chi connectivity index (χ0v) is 10.2. The van der Waals surface area contributed by atoms with Gasteiger partial charge in [0.05, 0.1) is 0 Å². The molecule has 94 valence electrons. The van der Waals surface area contributed by atoms with Crippen LogP contribution in [-0.4, -0.2) is 33.8 Å². The molecule has 0 aromatic rings. The lowest BCUT2D eigenvalue weighted by Crippen LogP contribution is -2.46. The first kappa shape index (κ1) is 15.7. The highest BCUT2D eigenvalue weighted by Gasteiger charge is 2.47. The molecule has 1 fully saturated rings. The number of carboxylic acid groups (broad SMARTS) is 1. The summed E-state index contributed by atoms with van der Waals surface area (Å²) >= 11 is 0. The molecule has 1 saturated carbocycles. The Bertz CT molecular complexity index is 266. The Labute approximate surface area is 102 Å². The van der Waals surface area contributed by atoms with Gasteiger partial charge in [0.25, 0.3) is 0 Å². The summed E-state index contributed by atoms with van der Waals surface area (Å²) < 4.78 is 0. The maximum Gasteiger partial charge on any atom is 0.451 e. The average Bonchev–Trinajstić information content (AvgIpc) is 2.42. The molecular weight excluding hydrogens is 232 g/mol. The summed E-state index contributed by atoms with van der Waals surface area (Å²) in [5.41, 5.74) is 4.45. The zero-order valence-electron chi connectivity index (χ0n) is 9.35. The van der Waals surface area contributed by atoms with Crippen molar-refractivity contribution in [2.24, 2.45) is 11.1 Å². The fourth-order valence-electron chi connectivity index (χ4n) is 2.34. The SMILES string of the molecule is CC1(CCB(O)O)CCC(N)(C(=O)O)C1.Cl. The quantitative estimate of drug-likeness (QED) is 0.536. The molecule has 16 heavy (non-hydrogen) atoms. The predicted octanol–water partition coefficient (Wildman–Crippen LogP) is 0.243. The van der Waals surface area contributed by atoms with Crippen LogP contribution in [0.2, 0.25) is 6.32 Å². The van der Waals surface area contributed by atoms with E-state index in [-0.39, 0.29) is 24.1 Å². The van der Waals surface area contributed by atoms with Crippen LogP contribution in [0.4, 0.5) is 0 Å². The van der Waals surface area contributed by atoms with Crippen LogP contribution in [0.5, 0.6) is 0 Å². The second kappa shape index (κ2) is 5.36. The van der Waals surface area contributed by atoms with Crippen LogP contribution in [0.25, 0.3) is 0 Å². The van der Waals surface area contributed by atoms with Gasteiger partial charge in [0.2, 0.25) is 0 Å². The Morgan fingerprint density at radius 1 is 1.44 bits per heavy atom. The molecule has 2 atom stereocenters. The summed E-state index contributed by atoms with van der Waals surface area (Å²) in [7, 11) is -1.32. The van der Waals surface area contributed by atoms with E-state index in [4.69, 9.17) is 20.9 Å². The van der Waals surface area contributed by atoms with Gasteiger partial charge in [-0.2, -0.15) is 0 Å². The van der Waals surface area contributed by atoms with Crippen LogP contribution < -0.4 is 5.73 Å². The van der Waals surface area contributed by atoms with Crippen LogP contribution in [0, 0.1) is 5.41 Å². The molecule has 0 saturated heterocycles. The van der Waals surface area contributed by atoms with Crippen molar-refractivity contribution in [1.82, 2.24) is 0 Å². The van der Waals surface area contributed by atoms with Crippen molar-refractivity contribution in [2.75, 3.05) is 0 Å². The summed E-state index contributed by atoms with van der Waals surface area (Å²) in [5, 5.41) is 26.5. The van der Waals surface area contributed by atoms with Crippen molar-refractivity contribution in [3.63, 3.8) is 0 Å². The predicted molar refractivity (Wildman–Crippen MR) is 63.4 cm³/mol. The smallest absolute Gasteiger partial charge is 0.451 e. The third kappa shape index (κ3) is 3.62. The monoisotopic (exact) mass is 251 g/mol. The van der Waals surface area contributed by atoms with Crippen LogP contribution in [0.15, 0.2) is 0 Å². The van der Waals surface area contributed by atoms with Crippen molar-refractivity contribution in [3.05, 3.63) is 0 Å². The minimum absolute atomic E-state index is 0. The summed E-state index contributed by atoms with van der Waals surface area (Å²) in [4.78, 5) is 10.9. The third-order valence-electron chi connectivity index (χ3n) is 3.35. The van der Waals surface area contributed by atoms with E-state index in [1.165, 1.54) is 0 Å². The first-order chi connectivity index (χ1) is 6.77. The van der Waals surface area contributed by atoms with Crippen LogP contribution in [-0.2, 0) is 4.79 Å². The number of carbonyl (C=O) groups is 1. The minimum atomic E-state index is -1.32. The molecule has 2 unspecified atom stereocenters. The molecule has 5 nitrogen and oxygen atoms in total. The van der Waals surface area contributed by atoms with Gasteiger partial charge in [-0.05, 0) is 37.4 Å². The van der Waals surface area contributed by atoms with Crippen molar-refractivity contribution >= 4 is 25.5 Å². The highest BCUT2D eigenvalue weighted by Crippen LogP contribution is 2.46. The van der Waals surface area contributed by atoms with Crippen molar-refractivity contribution in [1.29, 1.82) is 0 Å². The first-order valence-electron chi connectivity index (χ1n) is 5.16. The highest BCUT2D eigenvalue weighted by atomic mass is 35.5. The number of nitrogens with two attached hydrogens (primary N) is 1. The van der Waals surface area contributed by atoms with Crippen LogP contribution in [0.3, 0.4) is 0 Å². The van der Waals surface area contributed by atoms with Crippen LogP contribution >= 0.6 is 12.4 Å². The molecule has 0 amide bonds. The van der Waals surface area contributed by atoms with E-state index in [0.29, 0.717) is 19.3 Å². The van der Waals surface area contributed by atoms with E-state index < -0.39 is 18.6 Å². The van der Waals surface area contributed by atoms with Gasteiger partial charge >= 0.3 is 13.1 Å². The number of hydrogen-bond acceptors (Lipinski definition) is 4. The fraction of sp³-hybridized carbons (Fsp3) is 0.889. The standard InChI is InChI=1S/C9H18BNO4.ClH/c1-8(4-5-10(14)15)2-3-9(11,6-8)7(12)13;/h14-15H,2-6,11H2,1H3,(H,12,13);1H. The zero-order chi connectivity index (χ0) is 11.7. The van der Waals surface area contributed by atoms with Crippen molar-refractivity contribution in [3.8, 4) is 0 Å². The number of rotatable bonds is 4. The van der Waals surface area contributed by atoms with Gasteiger partial charge < -0.3 is 20.9 Å². The fourth-order valence-corrected chi connectivity index (χ4v) is 2.34. The number of aliphatic carboxylic acids is 1. The van der Waals surface area contributed by atoms with E-state index in [9.17, 15) is 4.79 Å². The second-order valence-corrected chi connectivity index (χ2v) is 4.97. The summed E-state index contributed by atoms with van der Waals surface area (Å²) in [5.74, 6) is -0.962. The lowest BCUT2D eigenvalue weighted by atomic mass is 9.73. The summed E-state index contributed by atoms with van der Waals surface area (Å²) in [6.45, 7) is 1.95. The van der Waals surface area contributed by atoms with E-state index in [1.807, 2.05) is 6.92 Å². The molecule has 0 radical (unpaired) electrons. The lowest BCUT2D eigenvalue weighted by Gasteiger charge is -2.26. The largest absolute Gasteiger partial charge is 0.480 e. The summed E-state index contributed by atoms with van der Waals surface area (Å²) in [6.07, 6.45) is 2.45. The molecule has 0 bridgehead atoms. The Hall–Kier alpha value is -0.295. The maximum atomic E-state index is 10.9. The number of halogens is 1. The molecule has 5 N–H and O–H groups in total. The van der Waals surface area contributed by atoms with Crippen molar-refractivity contribution < 1.29 is 19.9 Å². The third-order valence-corrected chi connectivity index (χ3v) is 3.35. The Morgan fingerprint density at radius 2 is 2.00 bits per heavy atom. The van der Waals surface area contributed by atoms with Gasteiger partial charge in [-0.15, -0.1) is 12.4 Å². The molecule has 0 aromatic carbocycles. The number of carboxylic acids is 1. The molecule has 1 aliphatic rings. The Balaban J connectivity index is 0.00000225. The summed E-state index contributed by atoms with van der Waals surface area (Å²) in [6, 6.07) is 0.